The summed E-state index contributed by atoms with van der Waals surface area (Å²) in [4.78, 5) is 10.8. The van der Waals surface area contributed by atoms with Crippen LogP contribution in [0.3, 0.4) is 0 Å². The third-order valence-corrected chi connectivity index (χ3v) is 2.63. The molecule has 2 nitrogen and oxygen atoms in total. The molecule has 1 rings (SSSR count). The van der Waals surface area contributed by atoms with Crippen LogP contribution < -0.4 is 5.32 Å². The van der Waals surface area contributed by atoms with Crippen LogP contribution in [0.25, 0.3) is 0 Å². The van der Waals surface area contributed by atoms with Gasteiger partial charge in [-0.1, -0.05) is 26.0 Å². The first-order valence-electron chi connectivity index (χ1n) is 5.46. The molecule has 0 aliphatic heterocycles. The van der Waals surface area contributed by atoms with E-state index in [1.165, 1.54) is 5.56 Å². The van der Waals surface area contributed by atoms with Crippen LogP contribution in [0.5, 0.6) is 0 Å². The zero-order chi connectivity index (χ0) is 11.3. The van der Waals surface area contributed by atoms with Crippen molar-refractivity contribution in [3.8, 4) is 0 Å². The zero-order valence-corrected chi connectivity index (χ0v) is 9.71. The second kappa shape index (κ2) is 5.54. The third kappa shape index (κ3) is 3.74. The number of benzene rings is 1. The number of hydrogen-bond acceptors (Lipinski definition) is 2. The average molecular weight is 205 g/mol. The standard InChI is InChI=1S/C13H19NO/c1-4-10(2)12-5-7-13(8-6-12)14-9-11(3)15/h5-8,10,14H,4,9H2,1-3H3. The number of Topliss-reactive ketones (excluding diaryl/α,β-unsaturated/α-hetero) is 1. The maximum Gasteiger partial charge on any atom is 0.148 e. The Hall–Kier alpha value is -1.31. The molecule has 1 N–H and O–H groups in total. The van der Waals surface area contributed by atoms with Gasteiger partial charge in [0.05, 0.1) is 6.54 Å². The van der Waals surface area contributed by atoms with E-state index < -0.39 is 0 Å². The first kappa shape index (κ1) is 11.8. The van der Waals surface area contributed by atoms with Gasteiger partial charge in [-0.15, -0.1) is 0 Å². The summed E-state index contributed by atoms with van der Waals surface area (Å²) in [6.07, 6.45) is 1.15. The van der Waals surface area contributed by atoms with Gasteiger partial charge < -0.3 is 5.32 Å². The highest BCUT2D eigenvalue weighted by Crippen LogP contribution is 2.20. The topological polar surface area (TPSA) is 29.1 Å². The smallest absolute Gasteiger partial charge is 0.148 e. The maximum atomic E-state index is 10.8. The van der Waals surface area contributed by atoms with E-state index in [9.17, 15) is 4.79 Å². The summed E-state index contributed by atoms with van der Waals surface area (Å²) in [7, 11) is 0. The van der Waals surface area contributed by atoms with Crippen LogP contribution in [0.2, 0.25) is 0 Å². The summed E-state index contributed by atoms with van der Waals surface area (Å²) < 4.78 is 0. The molecule has 0 aromatic heterocycles. The molecule has 0 amide bonds. The average Bonchev–Trinajstić information content (AvgIpc) is 2.26. The van der Waals surface area contributed by atoms with E-state index >= 15 is 0 Å². The van der Waals surface area contributed by atoms with Crippen LogP contribution >= 0.6 is 0 Å². The predicted octanol–water partition coefficient (Wildman–Crippen LogP) is 3.20. The van der Waals surface area contributed by atoms with Crippen molar-refractivity contribution in [2.24, 2.45) is 0 Å². The Morgan fingerprint density at radius 3 is 2.40 bits per heavy atom. The Morgan fingerprint density at radius 1 is 1.33 bits per heavy atom. The molecular weight excluding hydrogens is 186 g/mol. The Balaban J connectivity index is 2.60. The quantitative estimate of drug-likeness (QED) is 0.799. The first-order chi connectivity index (χ1) is 7.13. The molecule has 0 saturated carbocycles. The first-order valence-corrected chi connectivity index (χ1v) is 5.46. The van der Waals surface area contributed by atoms with E-state index in [1.54, 1.807) is 6.92 Å². The second-order valence-electron chi connectivity index (χ2n) is 3.99. The van der Waals surface area contributed by atoms with Gasteiger partial charge in [0.15, 0.2) is 0 Å². The summed E-state index contributed by atoms with van der Waals surface area (Å²) in [6.45, 7) is 6.40. The van der Waals surface area contributed by atoms with Gasteiger partial charge in [0.25, 0.3) is 0 Å². The minimum Gasteiger partial charge on any atom is -0.378 e. The molecule has 1 aromatic rings. The monoisotopic (exact) mass is 205 g/mol. The number of anilines is 1. The molecule has 15 heavy (non-hydrogen) atoms. The van der Waals surface area contributed by atoms with Crippen LogP contribution in [-0.2, 0) is 4.79 Å². The van der Waals surface area contributed by atoms with Gasteiger partial charge in [-0.25, -0.2) is 0 Å². The normalized spacial score (nSPS) is 12.2. The molecule has 0 spiro atoms. The van der Waals surface area contributed by atoms with E-state index in [1.807, 2.05) is 12.1 Å². The van der Waals surface area contributed by atoms with Crippen LogP contribution in [0.4, 0.5) is 5.69 Å². The molecule has 0 radical (unpaired) electrons. The molecule has 82 valence electrons. The molecule has 0 heterocycles. The predicted molar refractivity (Wildman–Crippen MR) is 64.3 cm³/mol. The van der Waals surface area contributed by atoms with E-state index in [2.05, 4.69) is 31.3 Å². The Kier molecular flexibility index (Phi) is 4.35. The van der Waals surface area contributed by atoms with Crippen LogP contribution in [-0.4, -0.2) is 12.3 Å². The Bertz CT molecular complexity index is 316. The largest absolute Gasteiger partial charge is 0.378 e. The van der Waals surface area contributed by atoms with Crippen molar-refractivity contribution in [2.45, 2.75) is 33.1 Å². The summed E-state index contributed by atoms with van der Waals surface area (Å²) in [5.74, 6) is 0.757. The van der Waals surface area contributed by atoms with Crippen LogP contribution in [0, 0.1) is 0 Å². The van der Waals surface area contributed by atoms with Gasteiger partial charge in [-0.3, -0.25) is 4.79 Å². The molecule has 1 aromatic carbocycles. The van der Waals surface area contributed by atoms with Gasteiger partial charge in [0.2, 0.25) is 0 Å². The lowest BCUT2D eigenvalue weighted by Gasteiger charge is -2.10. The fourth-order valence-electron chi connectivity index (χ4n) is 1.39. The minimum atomic E-state index is 0.154. The SMILES string of the molecule is CCC(C)c1ccc(NCC(C)=O)cc1. The lowest BCUT2D eigenvalue weighted by atomic mass is 9.99. The highest BCUT2D eigenvalue weighted by atomic mass is 16.1. The number of hydrogen-bond donors (Lipinski definition) is 1. The summed E-state index contributed by atoms with van der Waals surface area (Å²) in [5, 5.41) is 3.08. The van der Waals surface area contributed by atoms with E-state index in [-0.39, 0.29) is 5.78 Å². The molecule has 1 unspecified atom stereocenters. The molecule has 0 saturated heterocycles. The van der Waals surface area contributed by atoms with Gasteiger partial charge in [0.1, 0.15) is 5.78 Å². The number of nitrogens with one attached hydrogen (secondary N) is 1. The Labute approximate surface area is 91.7 Å². The Morgan fingerprint density at radius 2 is 1.93 bits per heavy atom. The fraction of sp³-hybridized carbons (Fsp3) is 0.462. The van der Waals surface area contributed by atoms with Crippen molar-refractivity contribution in [3.05, 3.63) is 29.8 Å². The molecule has 0 aliphatic rings. The summed E-state index contributed by atoms with van der Waals surface area (Å²) in [5.41, 5.74) is 2.36. The van der Waals surface area contributed by atoms with Crippen molar-refractivity contribution < 1.29 is 4.79 Å². The highest BCUT2D eigenvalue weighted by Gasteiger charge is 2.02. The van der Waals surface area contributed by atoms with Crippen molar-refractivity contribution in [2.75, 3.05) is 11.9 Å². The second-order valence-corrected chi connectivity index (χ2v) is 3.99. The van der Waals surface area contributed by atoms with Crippen LogP contribution in [0.1, 0.15) is 38.7 Å². The fourth-order valence-corrected chi connectivity index (χ4v) is 1.39. The van der Waals surface area contributed by atoms with Crippen molar-refractivity contribution >= 4 is 11.5 Å². The summed E-state index contributed by atoms with van der Waals surface area (Å²) >= 11 is 0. The number of carbonyl (C=O) groups excluding carboxylic acids is 1. The van der Waals surface area contributed by atoms with E-state index in [4.69, 9.17) is 0 Å². The lowest BCUT2D eigenvalue weighted by molar-refractivity contribution is -0.115. The van der Waals surface area contributed by atoms with Crippen molar-refractivity contribution in [1.29, 1.82) is 0 Å². The molecule has 0 fully saturated rings. The number of rotatable bonds is 5. The number of carbonyl (C=O) groups is 1. The highest BCUT2D eigenvalue weighted by molar-refractivity contribution is 5.80. The van der Waals surface area contributed by atoms with Gasteiger partial charge in [0, 0.05) is 5.69 Å². The van der Waals surface area contributed by atoms with E-state index in [0.29, 0.717) is 12.5 Å². The molecular formula is C13H19NO. The van der Waals surface area contributed by atoms with Gasteiger partial charge >= 0.3 is 0 Å². The number of ketones is 1. The minimum absolute atomic E-state index is 0.154. The maximum absolute atomic E-state index is 10.8. The third-order valence-electron chi connectivity index (χ3n) is 2.63. The van der Waals surface area contributed by atoms with Crippen molar-refractivity contribution in [3.63, 3.8) is 0 Å². The van der Waals surface area contributed by atoms with Gasteiger partial charge in [-0.2, -0.15) is 0 Å². The zero-order valence-electron chi connectivity index (χ0n) is 9.71. The van der Waals surface area contributed by atoms with E-state index in [0.717, 1.165) is 12.1 Å². The van der Waals surface area contributed by atoms with Gasteiger partial charge in [-0.05, 0) is 37.0 Å². The molecule has 1 atom stereocenters. The summed E-state index contributed by atoms with van der Waals surface area (Å²) in [6, 6.07) is 8.31. The molecule has 0 bridgehead atoms. The molecule has 2 heteroatoms. The lowest BCUT2D eigenvalue weighted by Crippen LogP contribution is -2.09. The van der Waals surface area contributed by atoms with Crippen LogP contribution in [0.15, 0.2) is 24.3 Å². The molecule has 0 aliphatic carbocycles. The van der Waals surface area contributed by atoms with Crippen molar-refractivity contribution in [1.82, 2.24) is 0 Å².